The van der Waals surface area contributed by atoms with Crippen molar-refractivity contribution < 1.29 is 5.11 Å². The number of aliphatic hydroxyl groups is 1. The predicted molar refractivity (Wildman–Crippen MR) is 45.1 cm³/mol. The summed E-state index contributed by atoms with van der Waals surface area (Å²) in [6.07, 6.45) is 2.01. The summed E-state index contributed by atoms with van der Waals surface area (Å²) in [5.41, 5.74) is 1.51. The third kappa shape index (κ3) is 0.750. The fourth-order valence-corrected chi connectivity index (χ4v) is 2.70. The van der Waals surface area contributed by atoms with E-state index in [0.717, 1.165) is 17.9 Å². The van der Waals surface area contributed by atoms with Gasteiger partial charge in [-0.3, -0.25) is 0 Å². The van der Waals surface area contributed by atoms with Crippen molar-refractivity contribution in [2.75, 3.05) is 0 Å². The summed E-state index contributed by atoms with van der Waals surface area (Å²) in [5.74, 6) is 1.34. The van der Waals surface area contributed by atoms with E-state index in [-0.39, 0.29) is 6.10 Å². The maximum absolute atomic E-state index is 9.51. The van der Waals surface area contributed by atoms with Gasteiger partial charge in [-0.1, -0.05) is 20.4 Å². The van der Waals surface area contributed by atoms with E-state index in [1.54, 1.807) is 0 Å². The van der Waals surface area contributed by atoms with Crippen molar-refractivity contribution in [3.8, 4) is 0 Å². The lowest BCUT2D eigenvalue weighted by molar-refractivity contribution is -0.0705. The van der Waals surface area contributed by atoms with Crippen LogP contribution in [0.5, 0.6) is 0 Å². The lowest BCUT2D eigenvalue weighted by Gasteiger charge is -2.59. The first-order valence-corrected chi connectivity index (χ1v) is 4.40. The monoisotopic (exact) mass is 152 g/mol. The Morgan fingerprint density at radius 1 is 1.45 bits per heavy atom. The van der Waals surface area contributed by atoms with Gasteiger partial charge in [-0.15, -0.1) is 0 Å². The highest BCUT2D eigenvalue weighted by molar-refractivity contribution is 5.22. The number of aliphatic hydroxyl groups excluding tert-OH is 1. The van der Waals surface area contributed by atoms with Crippen LogP contribution in [0.25, 0.3) is 0 Å². The molecular weight excluding hydrogens is 136 g/mol. The minimum atomic E-state index is -0.202. The number of rotatable bonds is 0. The first kappa shape index (κ1) is 7.35. The smallest absolute Gasteiger partial charge is 0.0753 e. The average molecular weight is 152 g/mol. The Hall–Kier alpha value is -0.300. The molecule has 3 fully saturated rings. The van der Waals surface area contributed by atoms with Crippen LogP contribution >= 0.6 is 0 Å². The summed E-state index contributed by atoms with van der Waals surface area (Å²) in [6.45, 7) is 8.55. The third-order valence-electron chi connectivity index (χ3n) is 3.85. The number of hydrogen-bond donors (Lipinski definition) is 1. The van der Waals surface area contributed by atoms with E-state index in [2.05, 4.69) is 20.4 Å². The Bertz CT molecular complexity index is 205. The maximum atomic E-state index is 9.51. The molecule has 62 valence electrons. The Kier molecular flexibility index (Phi) is 1.26. The van der Waals surface area contributed by atoms with Crippen molar-refractivity contribution in [2.24, 2.45) is 17.3 Å². The summed E-state index contributed by atoms with van der Waals surface area (Å²) >= 11 is 0. The first-order chi connectivity index (χ1) is 5.03. The molecule has 0 aromatic heterocycles. The minimum absolute atomic E-state index is 0.202. The fraction of sp³-hybridized carbons (Fsp3) is 0.800. The zero-order valence-corrected chi connectivity index (χ0v) is 7.30. The Morgan fingerprint density at radius 2 is 2.09 bits per heavy atom. The topological polar surface area (TPSA) is 20.2 Å². The van der Waals surface area contributed by atoms with Gasteiger partial charge in [0.2, 0.25) is 0 Å². The molecule has 3 saturated carbocycles. The zero-order chi connectivity index (χ0) is 8.22. The Balaban J connectivity index is 2.23. The number of fused-ring (bicyclic) bond motifs is 2. The Morgan fingerprint density at radius 3 is 2.45 bits per heavy atom. The molecule has 0 aliphatic heterocycles. The summed E-state index contributed by atoms with van der Waals surface area (Å²) in [6, 6.07) is 0. The van der Waals surface area contributed by atoms with Gasteiger partial charge in [0.25, 0.3) is 0 Å². The molecule has 0 aromatic rings. The molecule has 3 aliphatic carbocycles. The van der Waals surface area contributed by atoms with Gasteiger partial charge in [-0.2, -0.15) is 0 Å². The molecule has 0 saturated heterocycles. The van der Waals surface area contributed by atoms with Gasteiger partial charge in [-0.05, 0) is 35.7 Å². The number of hydrogen-bond acceptors (Lipinski definition) is 1. The van der Waals surface area contributed by atoms with E-state index in [1.807, 2.05) is 0 Å². The van der Waals surface area contributed by atoms with Gasteiger partial charge in [0.1, 0.15) is 0 Å². The minimum Gasteiger partial charge on any atom is -0.389 e. The Labute approximate surface area is 68.1 Å². The largest absolute Gasteiger partial charge is 0.389 e. The van der Waals surface area contributed by atoms with Gasteiger partial charge in [0.05, 0.1) is 6.10 Å². The molecular formula is C10H16O. The maximum Gasteiger partial charge on any atom is 0.0753 e. The van der Waals surface area contributed by atoms with Gasteiger partial charge in [-0.25, -0.2) is 0 Å². The second-order valence-corrected chi connectivity index (χ2v) is 4.63. The van der Waals surface area contributed by atoms with Crippen LogP contribution in [0.15, 0.2) is 12.2 Å². The molecule has 0 heterocycles. The van der Waals surface area contributed by atoms with Crippen LogP contribution in [-0.2, 0) is 0 Å². The predicted octanol–water partition coefficient (Wildman–Crippen LogP) is 1.97. The van der Waals surface area contributed by atoms with Gasteiger partial charge in [0.15, 0.2) is 0 Å². The van der Waals surface area contributed by atoms with Crippen molar-refractivity contribution >= 4 is 0 Å². The molecule has 0 spiro atoms. The van der Waals surface area contributed by atoms with Crippen molar-refractivity contribution in [3.63, 3.8) is 0 Å². The first-order valence-electron chi connectivity index (χ1n) is 4.40. The molecule has 11 heavy (non-hydrogen) atoms. The van der Waals surface area contributed by atoms with E-state index in [0.29, 0.717) is 11.3 Å². The van der Waals surface area contributed by atoms with Crippen LogP contribution < -0.4 is 0 Å². The summed E-state index contributed by atoms with van der Waals surface area (Å²) in [4.78, 5) is 0. The van der Waals surface area contributed by atoms with E-state index in [9.17, 15) is 5.11 Å². The molecule has 1 nitrogen and oxygen atoms in total. The lowest BCUT2D eigenvalue weighted by Crippen LogP contribution is -2.53. The molecule has 1 N–H and O–H groups in total. The van der Waals surface area contributed by atoms with Crippen LogP contribution in [0, 0.1) is 17.3 Å². The van der Waals surface area contributed by atoms with Gasteiger partial charge < -0.3 is 5.11 Å². The molecule has 0 aromatic carbocycles. The van der Waals surface area contributed by atoms with Crippen LogP contribution in [0.2, 0.25) is 0 Å². The normalized spacial score (nSPS) is 46.8. The van der Waals surface area contributed by atoms with Gasteiger partial charge >= 0.3 is 0 Å². The average Bonchev–Trinajstić information content (AvgIpc) is 1.93. The van der Waals surface area contributed by atoms with E-state index < -0.39 is 0 Å². The summed E-state index contributed by atoms with van der Waals surface area (Å²) < 4.78 is 0. The highest BCUT2D eigenvalue weighted by Gasteiger charge is 2.54. The molecule has 2 bridgehead atoms. The standard InChI is InChI=1S/C10H16O/c1-6-8-4-7(5-9(6)11)10(8,2)3/h7-9,11H,1,4-5H2,2-3H3/t7?,8-,9+/m1/s1. The molecule has 3 rings (SSSR count). The van der Waals surface area contributed by atoms with Crippen LogP contribution in [-0.4, -0.2) is 11.2 Å². The summed E-state index contributed by atoms with van der Waals surface area (Å²) in [5, 5.41) is 9.51. The second-order valence-electron chi connectivity index (χ2n) is 4.63. The van der Waals surface area contributed by atoms with Crippen molar-refractivity contribution in [1.82, 2.24) is 0 Å². The van der Waals surface area contributed by atoms with E-state index in [4.69, 9.17) is 0 Å². The molecule has 1 heteroatoms. The van der Waals surface area contributed by atoms with Crippen molar-refractivity contribution in [2.45, 2.75) is 32.8 Å². The fourth-order valence-electron chi connectivity index (χ4n) is 2.70. The van der Waals surface area contributed by atoms with E-state index in [1.165, 1.54) is 6.42 Å². The SMILES string of the molecule is C=C1[C@H]2CC(C[C@@H]1O)C2(C)C. The van der Waals surface area contributed by atoms with Crippen LogP contribution in [0.1, 0.15) is 26.7 Å². The highest BCUT2D eigenvalue weighted by atomic mass is 16.3. The van der Waals surface area contributed by atoms with E-state index >= 15 is 0 Å². The van der Waals surface area contributed by atoms with Gasteiger partial charge in [0, 0.05) is 0 Å². The lowest BCUT2D eigenvalue weighted by atomic mass is 9.47. The quantitative estimate of drug-likeness (QED) is 0.526. The highest BCUT2D eigenvalue weighted by Crippen LogP contribution is 2.60. The van der Waals surface area contributed by atoms with Crippen molar-refractivity contribution in [1.29, 1.82) is 0 Å². The molecule has 3 atom stereocenters. The molecule has 0 radical (unpaired) electrons. The van der Waals surface area contributed by atoms with Crippen LogP contribution in [0.4, 0.5) is 0 Å². The molecule has 1 unspecified atom stereocenters. The zero-order valence-electron chi connectivity index (χ0n) is 7.30. The van der Waals surface area contributed by atoms with Crippen LogP contribution in [0.3, 0.4) is 0 Å². The molecule has 0 amide bonds. The van der Waals surface area contributed by atoms with Crippen molar-refractivity contribution in [3.05, 3.63) is 12.2 Å². The second kappa shape index (κ2) is 1.89. The third-order valence-corrected chi connectivity index (χ3v) is 3.85. The summed E-state index contributed by atoms with van der Waals surface area (Å²) in [7, 11) is 0. The molecule has 3 aliphatic rings.